The van der Waals surface area contributed by atoms with Crippen molar-refractivity contribution in [2.24, 2.45) is 0 Å². The molecule has 1 atom stereocenters. The Hall–Kier alpha value is -2.13. The molecule has 1 aromatic carbocycles. The zero-order valence-corrected chi connectivity index (χ0v) is 18.5. The van der Waals surface area contributed by atoms with Crippen LogP contribution in [0, 0.1) is 0 Å². The van der Waals surface area contributed by atoms with Crippen molar-refractivity contribution in [1.29, 1.82) is 0 Å². The molecule has 2 amide bonds. The standard InChI is InChI=1S/C21H24ClN3O4S/c1-28-17-5-3-14(11-18(17)29-2)25-20(26)12-16(21(25)27)24-9-7-23(8-10-24)13-15-4-6-19(22)30-15/h3-6,11,16H,7-10,12-13H2,1-2H3/t16-/m1/s1. The van der Waals surface area contributed by atoms with Crippen LogP contribution in [0.2, 0.25) is 4.34 Å². The van der Waals surface area contributed by atoms with E-state index in [-0.39, 0.29) is 18.2 Å². The number of rotatable bonds is 6. The predicted molar refractivity (Wildman–Crippen MR) is 117 cm³/mol. The van der Waals surface area contributed by atoms with Gasteiger partial charge in [-0.15, -0.1) is 11.3 Å². The number of halogens is 1. The minimum Gasteiger partial charge on any atom is -0.493 e. The summed E-state index contributed by atoms with van der Waals surface area (Å²) in [6.45, 7) is 4.07. The highest BCUT2D eigenvalue weighted by molar-refractivity contribution is 7.16. The normalized spacial score (nSPS) is 20.8. The first-order valence-corrected chi connectivity index (χ1v) is 11.0. The van der Waals surface area contributed by atoms with Crippen LogP contribution in [0.5, 0.6) is 11.5 Å². The van der Waals surface area contributed by atoms with Gasteiger partial charge in [-0.1, -0.05) is 11.6 Å². The molecule has 0 N–H and O–H groups in total. The molecule has 2 saturated heterocycles. The molecular weight excluding hydrogens is 426 g/mol. The lowest BCUT2D eigenvalue weighted by Gasteiger charge is -2.36. The van der Waals surface area contributed by atoms with Gasteiger partial charge in [0.1, 0.15) is 0 Å². The summed E-state index contributed by atoms with van der Waals surface area (Å²) in [5, 5.41) is 0. The van der Waals surface area contributed by atoms with E-state index in [4.69, 9.17) is 21.1 Å². The minimum absolute atomic E-state index is 0.175. The summed E-state index contributed by atoms with van der Waals surface area (Å²) < 4.78 is 11.4. The second-order valence-electron chi connectivity index (χ2n) is 7.34. The molecule has 7 nitrogen and oxygen atoms in total. The Kier molecular flexibility index (Phi) is 6.29. The number of piperazine rings is 1. The average molecular weight is 450 g/mol. The number of benzene rings is 1. The molecular formula is C21H24ClN3O4S. The van der Waals surface area contributed by atoms with E-state index in [1.54, 1.807) is 36.6 Å². The van der Waals surface area contributed by atoms with Crippen molar-refractivity contribution in [3.05, 3.63) is 39.5 Å². The number of hydrogen-bond acceptors (Lipinski definition) is 7. The molecule has 0 aliphatic carbocycles. The van der Waals surface area contributed by atoms with E-state index in [1.165, 1.54) is 16.9 Å². The van der Waals surface area contributed by atoms with Crippen molar-refractivity contribution in [2.75, 3.05) is 45.3 Å². The van der Waals surface area contributed by atoms with Gasteiger partial charge in [-0.2, -0.15) is 0 Å². The van der Waals surface area contributed by atoms with Crippen molar-refractivity contribution in [1.82, 2.24) is 9.80 Å². The van der Waals surface area contributed by atoms with Gasteiger partial charge in [0.05, 0.1) is 36.7 Å². The van der Waals surface area contributed by atoms with Crippen molar-refractivity contribution < 1.29 is 19.1 Å². The van der Waals surface area contributed by atoms with Gasteiger partial charge in [-0.3, -0.25) is 19.4 Å². The second kappa shape index (κ2) is 8.93. The lowest BCUT2D eigenvalue weighted by molar-refractivity contribution is -0.123. The minimum atomic E-state index is -0.413. The largest absolute Gasteiger partial charge is 0.493 e. The highest BCUT2D eigenvalue weighted by Gasteiger charge is 2.43. The molecule has 3 heterocycles. The fourth-order valence-electron chi connectivity index (χ4n) is 4.03. The molecule has 0 bridgehead atoms. The van der Waals surface area contributed by atoms with E-state index in [0.717, 1.165) is 37.1 Å². The van der Waals surface area contributed by atoms with Crippen LogP contribution in [0.3, 0.4) is 0 Å². The molecule has 9 heteroatoms. The van der Waals surface area contributed by atoms with Gasteiger partial charge in [0.2, 0.25) is 5.91 Å². The fraction of sp³-hybridized carbons (Fsp3) is 0.429. The van der Waals surface area contributed by atoms with Gasteiger partial charge >= 0.3 is 0 Å². The SMILES string of the molecule is COc1ccc(N2C(=O)C[C@@H](N3CCN(Cc4ccc(Cl)s4)CC3)C2=O)cc1OC. The van der Waals surface area contributed by atoms with Gasteiger partial charge in [-0.05, 0) is 24.3 Å². The number of nitrogens with zero attached hydrogens (tertiary/aromatic N) is 3. The van der Waals surface area contributed by atoms with Crippen LogP contribution in [0.4, 0.5) is 5.69 Å². The quantitative estimate of drug-likeness (QED) is 0.632. The van der Waals surface area contributed by atoms with Crippen LogP contribution >= 0.6 is 22.9 Å². The third-order valence-electron chi connectivity index (χ3n) is 5.60. The van der Waals surface area contributed by atoms with E-state index < -0.39 is 6.04 Å². The summed E-state index contributed by atoms with van der Waals surface area (Å²) >= 11 is 7.62. The van der Waals surface area contributed by atoms with Crippen LogP contribution in [0.1, 0.15) is 11.3 Å². The van der Waals surface area contributed by atoms with Gasteiger partial charge in [0.15, 0.2) is 11.5 Å². The molecule has 30 heavy (non-hydrogen) atoms. The van der Waals surface area contributed by atoms with E-state index in [0.29, 0.717) is 17.2 Å². The monoisotopic (exact) mass is 449 g/mol. The maximum atomic E-state index is 13.1. The Morgan fingerprint density at radius 1 is 1.03 bits per heavy atom. The fourth-order valence-corrected chi connectivity index (χ4v) is 5.16. The van der Waals surface area contributed by atoms with Crippen molar-refractivity contribution in [2.45, 2.75) is 19.0 Å². The van der Waals surface area contributed by atoms with Crippen molar-refractivity contribution >= 4 is 40.4 Å². The third kappa shape index (κ3) is 4.18. The average Bonchev–Trinajstić information content (AvgIpc) is 3.30. The zero-order chi connectivity index (χ0) is 21.3. The summed E-state index contributed by atoms with van der Waals surface area (Å²) in [4.78, 5) is 32.8. The first-order chi connectivity index (χ1) is 14.5. The maximum absolute atomic E-state index is 13.1. The predicted octanol–water partition coefficient (Wildman–Crippen LogP) is 2.87. The molecule has 1 aromatic heterocycles. The molecule has 2 aliphatic heterocycles. The van der Waals surface area contributed by atoms with E-state index in [9.17, 15) is 9.59 Å². The van der Waals surface area contributed by atoms with Crippen LogP contribution in [-0.4, -0.2) is 68.1 Å². The first kappa shape index (κ1) is 21.1. The number of carbonyl (C=O) groups excluding carboxylic acids is 2. The van der Waals surface area contributed by atoms with Crippen LogP contribution in [-0.2, 0) is 16.1 Å². The Balaban J connectivity index is 1.41. The van der Waals surface area contributed by atoms with Crippen molar-refractivity contribution in [3.63, 3.8) is 0 Å². The van der Waals surface area contributed by atoms with Gasteiger partial charge in [0, 0.05) is 43.7 Å². The lowest BCUT2D eigenvalue weighted by Crippen LogP contribution is -2.52. The van der Waals surface area contributed by atoms with Crippen LogP contribution < -0.4 is 14.4 Å². The maximum Gasteiger partial charge on any atom is 0.251 e. The molecule has 2 aromatic rings. The summed E-state index contributed by atoms with van der Waals surface area (Å²) in [5.74, 6) is 0.681. The first-order valence-electron chi connectivity index (χ1n) is 9.79. The van der Waals surface area contributed by atoms with Crippen LogP contribution in [0.15, 0.2) is 30.3 Å². The summed E-state index contributed by atoms with van der Waals surface area (Å²) in [6.07, 6.45) is 0.202. The number of ether oxygens (including phenoxy) is 2. The molecule has 0 saturated carbocycles. The topological polar surface area (TPSA) is 62.3 Å². The summed E-state index contributed by atoms with van der Waals surface area (Å²) in [6, 6.07) is 8.65. The number of hydrogen-bond donors (Lipinski definition) is 0. The Bertz CT molecular complexity index is 942. The van der Waals surface area contributed by atoms with Crippen molar-refractivity contribution in [3.8, 4) is 11.5 Å². The second-order valence-corrected chi connectivity index (χ2v) is 9.14. The Morgan fingerprint density at radius 2 is 1.77 bits per heavy atom. The molecule has 4 rings (SSSR count). The Labute approximate surface area is 184 Å². The number of amides is 2. The summed E-state index contributed by atoms with van der Waals surface area (Å²) in [7, 11) is 3.08. The zero-order valence-electron chi connectivity index (χ0n) is 17.0. The number of imide groups is 1. The van der Waals surface area contributed by atoms with E-state index >= 15 is 0 Å². The van der Waals surface area contributed by atoms with Gasteiger partial charge < -0.3 is 9.47 Å². The molecule has 0 unspecified atom stereocenters. The molecule has 2 aliphatic rings. The molecule has 2 fully saturated rings. The van der Waals surface area contributed by atoms with E-state index in [1.807, 2.05) is 6.07 Å². The molecule has 0 radical (unpaired) electrons. The third-order valence-corrected chi connectivity index (χ3v) is 6.82. The lowest BCUT2D eigenvalue weighted by atomic mass is 10.1. The number of thiophene rings is 1. The highest BCUT2D eigenvalue weighted by atomic mass is 35.5. The number of methoxy groups -OCH3 is 2. The van der Waals surface area contributed by atoms with E-state index in [2.05, 4.69) is 15.9 Å². The molecule has 0 spiro atoms. The smallest absolute Gasteiger partial charge is 0.251 e. The number of carbonyl (C=O) groups is 2. The van der Waals surface area contributed by atoms with Gasteiger partial charge in [-0.25, -0.2) is 4.90 Å². The Morgan fingerprint density at radius 3 is 2.40 bits per heavy atom. The van der Waals surface area contributed by atoms with Gasteiger partial charge in [0.25, 0.3) is 5.91 Å². The highest BCUT2D eigenvalue weighted by Crippen LogP contribution is 2.34. The van der Waals surface area contributed by atoms with Crippen LogP contribution in [0.25, 0.3) is 0 Å². The number of anilines is 1. The summed E-state index contributed by atoms with van der Waals surface area (Å²) in [5.41, 5.74) is 0.512. The molecule has 160 valence electrons.